The molecule has 0 unspecified atom stereocenters. The van der Waals surface area contributed by atoms with Crippen LogP contribution in [0.4, 0.5) is 0 Å². The molecule has 0 aliphatic rings. The molecule has 0 saturated heterocycles. The topological polar surface area (TPSA) is 34.2 Å². The Morgan fingerprint density at radius 1 is 1.05 bits per heavy atom. The van der Waals surface area contributed by atoms with E-state index in [0.29, 0.717) is 0 Å². The highest BCUT2D eigenvalue weighted by Gasteiger charge is 2.07. The monoisotopic (exact) mass is 270 g/mol. The van der Waals surface area contributed by atoms with Crippen molar-refractivity contribution in [2.75, 3.05) is 6.54 Å². The summed E-state index contributed by atoms with van der Waals surface area (Å²) in [5, 5.41) is 3.31. The molecule has 0 atom stereocenters. The lowest BCUT2D eigenvalue weighted by molar-refractivity contribution is 0.471. The van der Waals surface area contributed by atoms with Gasteiger partial charge in [0.05, 0.1) is 0 Å². The van der Waals surface area contributed by atoms with Crippen LogP contribution in [0.3, 0.4) is 0 Å². The number of ether oxygens (including phenoxy) is 1. The van der Waals surface area contributed by atoms with Crippen molar-refractivity contribution in [2.24, 2.45) is 0 Å². The number of benzene rings is 1. The lowest BCUT2D eigenvalue weighted by Gasteiger charge is -2.13. The molecule has 0 radical (unpaired) electrons. The Balaban J connectivity index is 2.28. The fourth-order valence-corrected chi connectivity index (χ4v) is 2.17. The van der Waals surface area contributed by atoms with E-state index < -0.39 is 0 Å². The van der Waals surface area contributed by atoms with Gasteiger partial charge >= 0.3 is 0 Å². The normalized spacial score (nSPS) is 10.6. The van der Waals surface area contributed by atoms with Gasteiger partial charge in [-0.15, -0.1) is 0 Å². The minimum Gasteiger partial charge on any atom is -0.457 e. The van der Waals surface area contributed by atoms with Crippen molar-refractivity contribution in [3.63, 3.8) is 0 Å². The zero-order valence-corrected chi connectivity index (χ0v) is 12.7. The number of aromatic nitrogens is 1. The fraction of sp³-hybridized carbons (Fsp3) is 0.353. The largest absolute Gasteiger partial charge is 0.457 e. The van der Waals surface area contributed by atoms with E-state index in [9.17, 15) is 0 Å². The Kier molecular flexibility index (Phi) is 4.74. The Labute approximate surface area is 121 Å². The number of nitrogens with one attached hydrogen (secondary N) is 1. The van der Waals surface area contributed by atoms with Crippen molar-refractivity contribution < 1.29 is 4.74 Å². The van der Waals surface area contributed by atoms with Gasteiger partial charge in [-0.3, -0.25) is 4.98 Å². The maximum atomic E-state index is 6.07. The minimum atomic E-state index is 0.768. The quantitative estimate of drug-likeness (QED) is 0.894. The van der Waals surface area contributed by atoms with E-state index in [4.69, 9.17) is 4.74 Å². The van der Waals surface area contributed by atoms with Crippen LogP contribution in [0.15, 0.2) is 30.5 Å². The zero-order valence-electron chi connectivity index (χ0n) is 12.7. The van der Waals surface area contributed by atoms with Gasteiger partial charge < -0.3 is 10.1 Å². The Hall–Kier alpha value is -1.87. The summed E-state index contributed by atoms with van der Waals surface area (Å²) in [6.07, 6.45) is 1.88. The van der Waals surface area contributed by atoms with Crippen LogP contribution in [0.1, 0.15) is 29.3 Å². The summed E-state index contributed by atoms with van der Waals surface area (Å²) in [6.45, 7) is 9.92. The van der Waals surface area contributed by atoms with E-state index >= 15 is 0 Å². The average molecular weight is 270 g/mol. The highest BCUT2D eigenvalue weighted by Crippen LogP contribution is 2.27. The lowest BCUT2D eigenvalue weighted by atomic mass is 10.1. The van der Waals surface area contributed by atoms with Crippen LogP contribution in [0, 0.1) is 20.8 Å². The average Bonchev–Trinajstić information content (AvgIpc) is 2.36. The second-order valence-electron chi connectivity index (χ2n) is 5.14. The van der Waals surface area contributed by atoms with Gasteiger partial charge in [0.2, 0.25) is 0 Å². The van der Waals surface area contributed by atoms with Gasteiger partial charge in [0.1, 0.15) is 11.5 Å². The third-order valence-electron chi connectivity index (χ3n) is 3.07. The number of hydrogen-bond acceptors (Lipinski definition) is 3. The van der Waals surface area contributed by atoms with Gasteiger partial charge in [0.15, 0.2) is 0 Å². The summed E-state index contributed by atoms with van der Waals surface area (Å²) in [6, 6.07) is 8.24. The molecule has 1 heterocycles. The standard InChI is InChI=1S/C17H22N2O/c1-5-18-10-15-11-19-14(4)9-17(15)20-16-7-12(2)6-13(3)8-16/h6-9,11,18H,5,10H2,1-4H3. The number of rotatable bonds is 5. The molecule has 20 heavy (non-hydrogen) atoms. The summed E-state index contributed by atoms with van der Waals surface area (Å²) in [7, 11) is 0. The molecule has 0 bridgehead atoms. The van der Waals surface area contributed by atoms with E-state index in [1.54, 1.807) is 0 Å². The Morgan fingerprint density at radius 2 is 1.75 bits per heavy atom. The van der Waals surface area contributed by atoms with Crippen molar-refractivity contribution in [1.29, 1.82) is 0 Å². The fourth-order valence-electron chi connectivity index (χ4n) is 2.17. The molecule has 1 aromatic heterocycles. The number of aryl methyl sites for hydroxylation is 3. The predicted molar refractivity (Wildman–Crippen MR) is 82.3 cm³/mol. The van der Waals surface area contributed by atoms with Gasteiger partial charge in [0, 0.05) is 30.1 Å². The molecular formula is C17H22N2O. The van der Waals surface area contributed by atoms with E-state index in [0.717, 1.165) is 35.8 Å². The summed E-state index contributed by atoms with van der Waals surface area (Å²) in [5.41, 5.74) is 4.46. The molecule has 3 heteroatoms. The Bertz CT molecular complexity index is 573. The van der Waals surface area contributed by atoms with Crippen molar-refractivity contribution in [2.45, 2.75) is 34.2 Å². The van der Waals surface area contributed by atoms with Gasteiger partial charge in [-0.2, -0.15) is 0 Å². The second kappa shape index (κ2) is 6.53. The molecule has 106 valence electrons. The van der Waals surface area contributed by atoms with Crippen molar-refractivity contribution in [3.05, 3.63) is 52.8 Å². The summed E-state index contributed by atoms with van der Waals surface area (Å²) < 4.78 is 6.07. The first-order valence-electron chi connectivity index (χ1n) is 7.01. The third kappa shape index (κ3) is 3.81. The molecule has 0 saturated carbocycles. The van der Waals surface area contributed by atoms with Crippen LogP contribution in [0.25, 0.3) is 0 Å². The summed E-state index contributed by atoms with van der Waals surface area (Å²) >= 11 is 0. The number of nitrogens with zero attached hydrogens (tertiary/aromatic N) is 1. The highest BCUT2D eigenvalue weighted by molar-refractivity contribution is 5.40. The van der Waals surface area contributed by atoms with E-state index in [1.165, 1.54) is 11.1 Å². The van der Waals surface area contributed by atoms with Crippen molar-refractivity contribution >= 4 is 0 Å². The first kappa shape index (κ1) is 14.5. The van der Waals surface area contributed by atoms with E-state index in [1.807, 2.05) is 19.2 Å². The first-order chi connectivity index (χ1) is 9.58. The van der Waals surface area contributed by atoms with E-state index in [-0.39, 0.29) is 0 Å². The molecule has 2 rings (SSSR count). The van der Waals surface area contributed by atoms with Crippen molar-refractivity contribution in [1.82, 2.24) is 10.3 Å². The lowest BCUT2D eigenvalue weighted by Crippen LogP contribution is -2.12. The van der Waals surface area contributed by atoms with Crippen LogP contribution >= 0.6 is 0 Å². The minimum absolute atomic E-state index is 0.768. The highest BCUT2D eigenvalue weighted by atomic mass is 16.5. The second-order valence-corrected chi connectivity index (χ2v) is 5.14. The van der Waals surface area contributed by atoms with Crippen LogP contribution < -0.4 is 10.1 Å². The molecular weight excluding hydrogens is 248 g/mol. The van der Waals surface area contributed by atoms with Gasteiger partial charge in [-0.25, -0.2) is 0 Å². The molecule has 0 spiro atoms. The molecule has 1 aromatic carbocycles. The van der Waals surface area contributed by atoms with Crippen molar-refractivity contribution in [3.8, 4) is 11.5 Å². The SMILES string of the molecule is CCNCc1cnc(C)cc1Oc1cc(C)cc(C)c1. The van der Waals surface area contributed by atoms with Gasteiger partial charge in [0.25, 0.3) is 0 Å². The summed E-state index contributed by atoms with van der Waals surface area (Å²) in [4.78, 5) is 4.35. The molecule has 2 aromatic rings. The third-order valence-corrected chi connectivity index (χ3v) is 3.07. The summed E-state index contributed by atoms with van der Waals surface area (Å²) in [5.74, 6) is 1.76. The zero-order chi connectivity index (χ0) is 14.5. The molecule has 3 nitrogen and oxygen atoms in total. The van der Waals surface area contributed by atoms with Crippen LogP contribution in [-0.4, -0.2) is 11.5 Å². The Morgan fingerprint density at radius 3 is 2.40 bits per heavy atom. The van der Waals surface area contributed by atoms with Crippen LogP contribution in [-0.2, 0) is 6.54 Å². The molecule has 0 aliphatic carbocycles. The maximum absolute atomic E-state index is 6.07. The maximum Gasteiger partial charge on any atom is 0.135 e. The van der Waals surface area contributed by atoms with Crippen LogP contribution in [0.2, 0.25) is 0 Å². The smallest absolute Gasteiger partial charge is 0.135 e. The molecule has 0 aliphatic heterocycles. The predicted octanol–water partition coefficient (Wildman–Crippen LogP) is 3.91. The van der Waals surface area contributed by atoms with Crippen LogP contribution in [0.5, 0.6) is 11.5 Å². The van der Waals surface area contributed by atoms with Gasteiger partial charge in [-0.05, 0) is 50.6 Å². The first-order valence-corrected chi connectivity index (χ1v) is 7.01. The molecule has 1 N–H and O–H groups in total. The number of hydrogen-bond donors (Lipinski definition) is 1. The molecule has 0 amide bonds. The van der Waals surface area contributed by atoms with Gasteiger partial charge in [-0.1, -0.05) is 13.0 Å². The molecule has 0 fully saturated rings. The van der Waals surface area contributed by atoms with E-state index in [2.05, 4.69) is 49.3 Å². The number of pyridine rings is 1.